The van der Waals surface area contributed by atoms with Gasteiger partial charge in [0, 0.05) is 23.9 Å². The summed E-state index contributed by atoms with van der Waals surface area (Å²) in [5, 5.41) is 2.33. The summed E-state index contributed by atoms with van der Waals surface area (Å²) >= 11 is 0. The van der Waals surface area contributed by atoms with Gasteiger partial charge in [0.15, 0.2) is 23.3 Å². The van der Waals surface area contributed by atoms with Gasteiger partial charge in [0.2, 0.25) is 5.89 Å². The first-order valence-corrected chi connectivity index (χ1v) is 7.92. The molecule has 0 fully saturated rings. The van der Waals surface area contributed by atoms with Gasteiger partial charge in [0.25, 0.3) is 5.91 Å². The lowest BCUT2D eigenvalue weighted by molar-refractivity contribution is -0.148. The third-order valence-corrected chi connectivity index (χ3v) is 3.52. The number of esters is 1. The number of hydrogen-bond acceptors (Lipinski definition) is 5. The van der Waals surface area contributed by atoms with Gasteiger partial charge in [-0.15, -0.1) is 0 Å². The molecule has 0 radical (unpaired) electrons. The van der Waals surface area contributed by atoms with Crippen LogP contribution in [0.5, 0.6) is 0 Å². The van der Waals surface area contributed by atoms with Crippen molar-refractivity contribution < 1.29 is 27.5 Å². The standard InChI is InChI=1S/C19H14F2N2O4/c1-11(19(25)22-12-6-7-13(20)14(21)10-12)26-18(24)9-8-17-23-15-4-2-3-5-16(15)27-17/h2-11H,1H3,(H,22,25)/b9-8+/t11-/m0/s1. The number of nitrogens with zero attached hydrogens (tertiary/aromatic N) is 1. The van der Waals surface area contributed by atoms with Gasteiger partial charge in [0.1, 0.15) is 5.52 Å². The van der Waals surface area contributed by atoms with Crippen molar-refractivity contribution in [3.8, 4) is 0 Å². The zero-order valence-electron chi connectivity index (χ0n) is 14.1. The number of carbonyl (C=O) groups excluding carboxylic acids is 2. The highest BCUT2D eigenvalue weighted by Crippen LogP contribution is 2.16. The van der Waals surface area contributed by atoms with Crippen LogP contribution in [-0.4, -0.2) is 23.0 Å². The van der Waals surface area contributed by atoms with E-state index in [4.69, 9.17) is 9.15 Å². The molecule has 27 heavy (non-hydrogen) atoms. The highest BCUT2D eigenvalue weighted by atomic mass is 19.2. The van der Waals surface area contributed by atoms with Gasteiger partial charge in [0.05, 0.1) is 0 Å². The Kier molecular flexibility index (Phi) is 5.25. The summed E-state index contributed by atoms with van der Waals surface area (Å²) in [6.45, 7) is 1.35. The number of nitrogens with one attached hydrogen (secondary N) is 1. The second kappa shape index (κ2) is 7.77. The maximum Gasteiger partial charge on any atom is 0.331 e. The van der Waals surface area contributed by atoms with Crippen LogP contribution in [0.25, 0.3) is 17.2 Å². The van der Waals surface area contributed by atoms with E-state index < -0.39 is 29.6 Å². The largest absolute Gasteiger partial charge is 0.449 e. The molecule has 0 aliphatic rings. The van der Waals surface area contributed by atoms with Gasteiger partial charge < -0.3 is 14.5 Å². The molecule has 2 aromatic carbocycles. The third kappa shape index (κ3) is 4.55. The fourth-order valence-corrected chi connectivity index (χ4v) is 2.19. The number of ether oxygens (including phenoxy) is 1. The van der Waals surface area contributed by atoms with Crippen molar-refractivity contribution in [3.05, 3.63) is 66.1 Å². The Hall–Kier alpha value is -3.55. The van der Waals surface area contributed by atoms with E-state index in [1.54, 1.807) is 24.3 Å². The normalized spacial score (nSPS) is 12.3. The molecule has 1 aromatic heterocycles. The molecule has 0 aliphatic carbocycles. The van der Waals surface area contributed by atoms with E-state index in [9.17, 15) is 18.4 Å². The number of para-hydroxylation sites is 2. The molecule has 0 bridgehead atoms. The van der Waals surface area contributed by atoms with Crippen LogP contribution in [0.2, 0.25) is 0 Å². The van der Waals surface area contributed by atoms with Crippen LogP contribution >= 0.6 is 0 Å². The molecule has 0 aliphatic heterocycles. The Morgan fingerprint density at radius 3 is 2.70 bits per heavy atom. The Bertz CT molecular complexity index is 996. The number of rotatable bonds is 5. The van der Waals surface area contributed by atoms with Crippen molar-refractivity contribution in [2.45, 2.75) is 13.0 Å². The number of fused-ring (bicyclic) bond motifs is 1. The van der Waals surface area contributed by atoms with Crippen molar-refractivity contribution >= 4 is 34.7 Å². The first-order chi connectivity index (χ1) is 12.9. The molecule has 3 aromatic rings. The molecule has 0 spiro atoms. The van der Waals surface area contributed by atoms with Crippen LogP contribution in [-0.2, 0) is 14.3 Å². The number of benzene rings is 2. The molecule has 1 heterocycles. The van der Waals surface area contributed by atoms with E-state index in [0.29, 0.717) is 11.1 Å². The SMILES string of the molecule is C[C@H](OC(=O)/C=C/c1nc2ccccc2o1)C(=O)Nc1ccc(F)c(F)c1. The second-order valence-corrected chi connectivity index (χ2v) is 5.55. The van der Waals surface area contributed by atoms with Crippen molar-refractivity contribution in [3.63, 3.8) is 0 Å². The van der Waals surface area contributed by atoms with Crippen LogP contribution in [0.4, 0.5) is 14.5 Å². The first kappa shape index (κ1) is 18.2. The fourth-order valence-electron chi connectivity index (χ4n) is 2.19. The maximum absolute atomic E-state index is 13.1. The maximum atomic E-state index is 13.1. The number of amides is 1. The van der Waals surface area contributed by atoms with Crippen molar-refractivity contribution in [1.29, 1.82) is 0 Å². The smallest absolute Gasteiger partial charge is 0.331 e. The van der Waals surface area contributed by atoms with E-state index in [2.05, 4.69) is 10.3 Å². The minimum atomic E-state index is -1.15. The van der Waals surface area contributed by atoms with Crippen LogP contribution in [0.15, 0.2) is 53.0 Å². The van der Waals surface area contributed by atoms with Crippen LogP contribution < -0.4 is 5.32 Å². The zero-order chi connectivity index (χ0) is 19.4. The van der Waals surface area contributed by atoms with Crippen molar-refractivity contribution in [1.82, 2.24) is 4.98 Å². The molecule has 6 nitrogen and oxygen atoms in total. The average Bonchev–Trinajstić information content (AvgIpc) is 3.06. The van der Waals surface area contributed by atoms with E-state index in [-0.39, 0.29) is 11.6 Å². The lowest BCUT2D eigenvalue weighted by Crippen LogP contribution is -2.29. The van der Waals surface area contributed by atoms with Gasteiger partial charge in [-0.05, 0) is 31.2 Å². The van der Waals surface area contributed by atoms with E-state index in [0.717, 1.165) is 18.2 Å². The number of hydrogen-bond donors (Lipinski definition) is 1. The van der Waals surface area contributed by atoms with Crippen molar-refractivity contribution in [2.75, 3.05) is 5.32 Å². The van der Waals surface area contributed by atoms with Gasteiger partial charge in [-0.2, -0.15) is 0 Å². The summed E-state index contributed by atoms with van der Waals surface area (Å²) < 4.78 is 36.4. The number of halogens is 2. The molecular formula is C19H14F2N2O4. The molecule has 8 heteroatoms. The Morgan fingerprint density at radius 1 is 1.19 bits per heavy atom. The predicted molar refractivity (Wildman–Crippen MR) is 93.6 cm³/mol. The molecule has 0 saturated heterocycles. The van der Waals surface area contributed by atoms with Crippen LogP contribution in [0, 0.1) is 11.6 Å². The van der Waals surface area contributed by atoms with Crippen LogP contribution in [0.3, 0.4) is 0 Å². The monoisotopic (exact) mass is 372 g/mol. The number of oxazole rings is 1. The minimum Gasteiger partial charge on any atom is -0.449 e. The fraction of sp³-hybridized carbons (Fsp3) is 0.105. The molecular weight excluding hydrogens is 358 g/mol. The zero-order valence-corrected chi connectivity index (χ0v) is 14.1. The first-order valence-electron chi connectivity index (χ1n) is 7.92. The Labute approximate surface area is 152 Å². The Morgan fingerprint density at radius 2 is 1.96 bits per heavy atom. The van der Waals surface area contributed by atoms with Gasteiger partial charge in [-0.25, -0.2) is 18.6 Å². The number of carbonyl (C=O) groups is 2. The molecule has 0 saturated carbocycles. The summed E-state index contributed by atoms with van der Waals surface area (Å²) in [7, 11) is 0. The van der Waals surface area contributed by atoms with Gasteiger partial charge in [-0.1, -0.05) is 12.1 Å². The molecule has 0 unspecified atom stereocenters. The van der Waals surface area contributed by atoms with Crippen molar-refractivity contribution in [2.24, 2.45) is 0 Å². The average molecular weight is 372 g/mol. The molecule has 138 valence electrons. The molecule has 1 N–H and O–H groups in total. The summed E-state index contributed by atoms with van der Waals surface area (Å²) in [6.07, 6.45) is 1.24. The summed E-state index contributed by atoms with van der Waals surface area (Å²) in [4.78, 5) is 28.0. The van der Waals surface area contributed by atoms with E-state index >= 15 is 0 Å². The topological polar surface area (TPSA) is 81.4 Å². The predicted octanol–water partition coefficient (Wildman–Crippen LogP) is 3.69. The molecule has 3 rings (SSSR count). The van der Waals surface area contributed by atoms with E-state index in [1.807, 2.05) is 0 Å². The van der Waals surface area contributed by atoms with Crippen LogP contribution in [0.1, 0.15) is 12.8 Å². The third-order valence-electron chi connectivity index (χ3n) is 3.52. The summed E-state index contributed by atoms with van der Waals surface area (Å²) in [5.74, 6) is -3.39. The number of aromatic nitrogens is 1. The van der Waals surface area contributed by atoms with Gasteiger partial charge in [-0.3, -0.25) is 4.79 Å². The van der Waals surface area contributed by atoms with E-state index in [1.165, 1.54) is 19.1 Å². The number of anilines is 1. The Balaban J connectivity index is 1.57. The molecule has 1 atom stereocenters. The molecule has 1 amide bonds. The highest BCUT2D eigenvalue weighted by Gasteiger charge is 2.17. The summed E-state index contributed by atoms with van der Waals surface area (Å²) in [6, 6.07) is 10.0. The van der Waals surface area contributed by atoms with Gasteiger partial charge >= 0.3 is 5.97 Å². The lowest BCUT2D eigenvalue weighted by Gasteiger charge is -2.12. The highest BCUT2D eigenvalue weighted by molar-refractivity contribution is 5.96. The second-order valence-electron chi connectivity index (χ2n) is 5.55. The lowest BCUT2D eigenvalue weighted by atomic mass is 10.3. The summed E-state index contributed by atoms with van der Waals surface area (Å²) in [5.41, 5.74) is 1.26. The minimum absolute atomic E-state index is 0.0452. The quantitative estimate of drug-likeness (QED) is 0.546.